The first kappa shape index (κ1) is 17.0. The minimum atomic E-state index is -0.295. The van der Waals surface area contributed by atoms with Crippen molar-refractivity contribution in [3.05, 3.63) is 42.2 Å². The molecule has 0 unspecified atom stereocenters. The summed E-state index contributed by atoms with van der Waals surface area (Å²) in [4.78, 5) is 22.6. The summed E-state index contributed by atoms with van der Waals surface area (Å²) < 4.78 is 10.3. The number of morpholine rings is 1. The maximum atomic E-state index is 12.0. The Kier molecular flexibility index (Phi) is 5.63. The number of hydrogen-bond donors (Lipinski definition) is 2. The lowest BCUT2D eigenvalue weighted by atomic mass is 10.2. The third kappa shape index (κ3) is 4.80. The van der Waals surface area contributed by atoms with Crippen molar-refractivity contribution in [2.24, 2.45) is 0 Å². The zero-order valence-corrected chi connectivity index (χ0v) is 14.1. The van der Waals surface area contributed by atoms with E-state index in [-0.39, 0.29) is 6.03 Å². The predicted octanol–water partition coefficient (Wildman–Crippen LogP) is 1.64. The van der Waals surface area contributed by atoms with Crippen LogP contribution in [0.4, 0.5) is 16.3 Å². The van der Waals surface area contributed by atoms with Crippen molar-refractivity contribution in [1.82, 2.24) is 15.3 Å². The Hall–Kier alpha value is -2.87. The molecular weight excluding hydrogens is 322 g/mol. The van der Waals surface area contributed by atoms with E-state index in [1.165, 1.54) is 0 Å². The maximum absolute atomic E-state index is 12.0. The van der Waals surface area contributed by atoms with Crippen molar-refractivity contribution >= 4 is 17.5 Å². The second-order valence-electron chi connectivity index (χ2n) is 5.52. The zero-order chi connectivity index (χ0) is 17.5. The minimum Gasteiger partial charge on any atom is -0.481 e. The molecule has 2 N–H and O–H groups in total. The van der Waals surface area contributed by atoms with Gasteiger partial charge >= 0.3 is 6.03 Å². The van der Waals surface area contributed by atoms with Gasteiger partial charge in [-0.15, -0.1) is 0 Å². The number of nitrogens with one attached hydrogen (secondary N) is 2. The number of ether oxygens (including phenoxy) is 2. The topological polar surface area (TPSA) is 88.6 Å². The highest BCUT2D eigenvalue weighted by atomic mass is 16.5. The molecule has 25 heavy (non-hydrogen) atoms. The number of carbonyl (C=O) groups is 1. The van der Waals surface area contributed by atoms with Crippen LogP contribution in [0.1, 0.15) is 5.56 Å². The Bertz CT molecular complexity index is 702. The van der Waals surface area contributed by atoms with Crippen LogP contribution in [-0.4, -0.2) is 49.4 Å². The molecule has 2 aromatic heterocycles. The number of nitrogens with zero attached hydrogens (tertiary/aromatic N) is 3. The van der Waals surface area contributed by atoms with E-state index < -0.39 is 0 Å². The number of aromatic nitrogens is 2. The van der Waals surface area contributed by atoms with Gasteiger partial charge in [-0.05, 0) is 23.8 Å². The summed E-state index contributed by atoms with van der Waals surface area (Å²) >= 11 is 0. The first-order valence-corrected chi connectivity index (χ1v) is 8.07. The number of urea groups is 1. The Morgan fingerprint density at radius 1 is 1.28 bits per heavy atom. The molecule has 8 heteroatoms. The standard InChI is InChI=1S/C17H21N5O3/c1-24-16-3-2-14(12-19-16)21-17(23)20-11-13-4-5-18-15(10-13)22-6-8-25-9-7-22/h2-5,10,12H,6-9,11H2,1H3,(H2,20,21,23). The average Bonchev–Trinajstić information content (AvgIpc) is 2.68. The molecule has 0 saturated carbocycles. The van der Waals surface area contributed by atoms with Gasteiger partial charge in [-0.2, -0.15) is 0 Å². The molecule has 3 heterocycles. The highest BCUT2D eigenvalue weighted by Crippen LogP contribution is 2.14. The van der Waals surface area contributed by atoms with Crippen molar-refractivity contribution < 1.29 is 14.3 Å². The fourth-order valence-electron chi connectivity index (χ4n) is 2.47. The summed E-state index contributed by atoms with van der Waals surface area (Å²) in [5.74, 6) is 1.40. The van der Waals surface area contributed by atoms with Gasteiger partial charge in [0.25, 0.3) is 0 Å². The summed E-state index contributed by atoms with van der Waals surface area (Å²) in [6, 6.07) is 7.00. The lowest BCUT2D eigenvalue weighted by Gasteiger charge is -2.28. The molecular formula is C17H21N5O3. The van der Waals surface area contributed by atoms with E-state index in [1.807, 2.05) is 12.1 Å². The maximum Gasteiger partial charge on any atom is 0.319 e. The SMILES string of the molecule is COc1ccc(NC(=O)NCc2ccnc(N3CCOCC3)c2)cn1. The van der Waals surface area contributed by atoms with E-state index in [4.69, 9.17) is 9.47 Å². The highest BCUT2D eigenvalue weighted by molar-refractivity contribution is 5.88. The van der Waals surface area contributed by atoms with E-state index in [0.717, 1.165) is 24.5 Å². The van der Waals surface area contributed by atoms with E-state index in [0.29, 0.717) is 31.3 Å². The van der Waals surface area contributed by atoms with Crippen LogP contribution in [0.25, 0.3) is 0 Å². The fraction of sp³-hybridized carbons (Fsp3) is 0.353. The summed E-state index contributed by atoms with van der Waals surface area (Å²) in [6.07, 6.45) is 3.30. The molecule has 0 aliphatic carbocycles. The second kappa shape index (κ2) is 8.29. The first-order valence-electron chi connectivity index (χ1n) is 8.07. The van der Waals surface area contributed by atoms with Crippen LogP contribution in [0.15, 0.2) is 36.7 Å². The van der Waals surface area contributed by atoms with Crippen LogP contribution in [0.2, 0.25) is 0 Å². The molecule has 1 fully saturated rings. The summed E-state index contributed by atoms with van der Waals surface area (Å²) in [5, 5.41) is 5.56. The van der Waals surface area contributed by atoms with Crippen LogP contribution in [0, 0.1) is 0 Å². The molecule has 2 amide bonds. The van der Waals surface area contributed by atoms with Gasteiger partial charge in [-0.1, -0.05) is 0 Å². The van der Waals surface area contributed by atoms with Crippen molar-refractivity contribution in [2.75, 3.05) is 43.6 Å². The van der Waals surface area contributed by atoms with E-state index in [2.05, 4.69) is 25.5 Å². The van der Waals surface area contributed by atoms with E-state index in [1.54, 1.807) is 31.6 Å². The summed E-state index contributed by atoms with van der Waals surface area (Å²) in [6.45, 7) is 3.49. The van der Waals surface area contributed by atoms with Crippen LogP contribution in [-0.2, 0) is 11.3 Å². The molecule has 0 radical (unpaired) electrons. The molecule has 1 aliphatic rings. The third-order valence-electron chi connectivity index (χ3n) is 3.80. The van der Waals surface area contributed by atoms with Gasteiger partial charge in [0.15, 0.2) is 0 Å². The molecule has 8 nitrogen and oxygen atoms in total. The molecule has 0 atom stereocenters. The smallest absolute Gasteiger partial charge is 0.319 e. The molecule has 1 aliphatic heterocycles. The first-order chi connectivity index (χ1) is 12.2. The van der Waals surface area contributed by atoms with Gasteiger partial charge < -0.3 is 25.0 Å². The summed E-state index contributed by atoms with van der Waals surface area (Å²) in [7, 11) is 1.54. The number of methoxy groups -OCH3 is 1. The number of amides is 2. The number of hydrogen-bond acceptors (Lipinski definition) is 6. The Morgan fingerprint density at radius 3 is 2.84 bits per heavy atom. The Labute approximate surface area is 146 Å². The van der Waals surface area contributed by atoms with E-state index in [9.17, 15) is 4.79 Å². The predicted molar refractivity (Wildman–Crippen MR) is 93.9 cm³/mol. The van der Waals surface area contributed by atoms with Gasteiger partial charge in [0.1, 0.15) is 5.82 Å². The number of rotatable bonds is 5. The quantitative estimate of drug-likeness (QED) is 0.858. The van der Waals surface area contributed by atoms with Crippen LogP contribution in [0.5, 0.6) is 5.88 Å². The lowest BCUT2D eigenvalue weighted by molar-refractivity contribution is 0.122. The monoisotopic (exact) mass is 343 g/mol. The zero-order valence-electron chi connectivity index (χ0n) is 14.1. The minimum absolute atomic E-state index is 0.295. The number of pyridine rings is 2. The second-order valence-corrected chi connectivity index (χ2v) is 5.52. The van der Waals surface area contributed by atoms with Crippen molar-refractivity contribution in [2.45, 2.75) is 6.54 Å². The van der Waals surface area contributed by atoms with Crippen LogP contribution >= 0.6 is 0 Å². The van der Waals surface area contributed by atoms with Crippen LogP contribution < -0.4 is 20.3 Å². The van der Waals surface area contributed by atoms with Gasteiger partial charge in [-0.3, -0.25) is 0 Å². The van der Waals surface area contributed by atoms with Crippen molar-refractivity contribution in [1.29, 1.82) is 0 Å². The molecule has 1 saturated heterocycles. The molecule has 132 valence electrons. The summed E-state index contributed by atoms with van der Waals surface area (Å²) in [5.41, 5.74) is 1.58. The Morgan fingerprint density at radius 2 is 2.12 bits per heavy atom. The van der Waals surface area contributed by atoms with E-state index >= 15 is 0 Å². The highest BCUT2D eigenvalue weighted by Gasteiger charge is 2.12. The van der Waals surface area contributed by atoms with Crippen molar-refractivity contribution in [3.8, 4) is 5.88 Å². The third-order valence-corrected chi connectivity index (χ3v) is 3.80. The van der Waals surface area contributed by atoms with Gasteiger partial charge in [-0.25, -0.2) is 14.8 Å². The fourth-order valence-corrected chi connectivity index (χ4v) is 2.47. The molecule has 0 aromatic carbocycles. The lowest BCUT2D eigenvalue weighted by Crippen LogP contribution is -2.36. The number of carbonyl (C=O) groups excluding carboxylic acids is 1. The molecule has 0 spiro atoms. The van der Waals surface area contributed by atoms with Crippen LogP contribution in [0.3, 0.4) is 0 Å². The molecule has 0 bridgehead atoms. The van der Waals surface area contributed by atoms with Crippen molar-refractivity contribution in [3.63, 3.8) is 0 Å². The normalized spacial score (nSPS) is 14.0. The number of anilines is 2. The van der Waals surface area contributed by atoms with Gasteiger partial charge in [0.05, 0.1) is 32.2 Å². The van der Waals surface area contributed by atoms with Gasteiger partial charge in [0.2, 0.25) is 5.88 Å². The largest absolute Gasteiger partial charge is 0.481 e. The Balaban J connectivity index is 1.52. The molecule has 3 rings (SSSR count). The molecule has 2 aromatic rings. The average molecular weight is 343 g/mol. The van der Waals surface area contributed by atoms with Gasteiger partial charge in [0, 0.05) is 31.9 Å².